The molecule has 2 heteroatoms. The van der Waals surface area contributed by atoms with Crippen LogP contribution in [0.2, 0.25) is 0 Å². The maximum Gasteiger partial charge on any atom is 0.0938 e. The van der Waals surface area contributed by atoms with Gasteiger partial charge >= 0.3 is 0 Å². The summed E-state index contributed by atoms with van der Waals surface area (Å²) >= 11 is 0. The first-order chi connectivity index (χ1) is 5.61. The van der Waals surface area contributed by atoms with E-state index in [2.05, 4.69) is 0 Å². The van der Waals surface area contributed by atoms with Gasteiger partial charge in [-0.25, -0.2) is 0 Å². The van der Waals surface area contributed by atoms with E-state index in [4.69, 9.17) is 5.73 Å². The molecule has 66 valence electrons. The Hall–Kier alpha value is -0.860. The monoisotopic (exact) mass is 165 g/mol. The Morgan fingerprint density at radius 3 is 2.17 bits per heavy atom. The zero-order valence-electron chi connectivity index (χ0n) is 7.49. The minimum atomic E-state index is -0.550. The van der Waals surface area contributed by atoms with Crippen LogP contribution in [-0.4, -0.2) is 11.1 Å². The van der Waals surface area contributed by atoms with Gasteiger partial charge in [-0.1, -0.05) is 29.8 Å². The number of benzene rings is 1. The molecule has 12 heavy (non-hydrogen) atoms. The molecule has 0 unspecified atom stereocenters. The zero-order valence-corrected chi connectivity index (χ0v) is 7.49. The quantitative estimate of drug-likeness (QED) is 0.695. The van der Waals surface area contributed by atoms with Crippen molar-refractivity contribution in [1.29, 1.82) is 0 Å². The minimum Gasteiger partial charge on any atom is -0.387 e. The summed E-state index contributed by atoms with van der Waals surface area (Å²) in [5.41, 5.74) is 7.63. The number of hydrogen-bond acceptors (Lipinski definition) is 2. The van der Waals surface area contributed by atoms with Crippen molar-refractivity contribution in [3.05, 3.63) is 35.4 Å². The molecule has 2 nitrogen and oxygen atoms in total. The SMILES string of the molecule is Cc1ccc([C@@H](O)[C@@H](C)N)cc1. The van der Waals surface area contributed by atoms with Crippen LogP contribution in [0.5, 0.6) is 0 Å². The lowest BCUT2D eigenvalue weighted by molar-refractivity contribution is 0.153. The molecule has 0 aliphatic carbocycles. The molecule has 0 aliphatic heterocycles. The first-order valence-electron chi connectivity index (χ1n) is 4.11. The lowest BCUT2D eigenvalue weighted by atomic mass is 10.0. The predicted molar refractivity (Wildman–Crippen MR) is 49.8 cm³/mol. The van der Waals surface area contributed by atoms with Crippen LogP contribution in [0.3, 0.4) is 0 Å². The van der Waals surface area contributed by atoms with Gasteiger partial charge in [0.05, 0.1) is 6.10 Å². The third kappa shape index (κ3) is 2.06. The summed E-state index contributed by atoms with van der Waals surface area (Å²) in [4.78, 5) is 0. The van der Waals surface area contributed by atoms with Crippen molar-refractivity contribution >= 4 is 0 Å². The lowest BCUT2D eigenvalue weighted by Crippen LogP contribution is -2.24. The maximum absolute atomic E-state index is 9.56. The molecule has 0 radical (unpaired) electrons. The minimum absolute atomic E-state index is 0.215. The Morgan fingerprint density at radius 1 is 1.25 bits per heavy atom. The second-order valence-electron chi connectivity index (χ2n) is 3.21. The molecule has 0 bridgehead atoms. The first kappa shape index (κ1) is 9.23. The smallest absolute Gasteiger partial charge is 0.0938 e. The molecule has 0 aliphatic rings. The van der Waals surface area contributed by atoms with E-state index < -0.39 is 6.10 Å². The average molecular weight is 165 g/mol. The molecule has 0 aromatic heterocycles. The van der Waals surface area contributed by atoms with Crippen molar-refractivity contribution in [2.24, 2.45) is 5.73 Å². The third-order valence-electron chi connectivity index (χ3n) is 1.92. The second kappa shape index (κ2) is 3.70. The topological polar surface area (TPSA) is 46.2 Å². The molecule has 0 fully saturated rings. The number of hydrogen-bond donors (Lipinski definition) is 2. The summed E-state index contributed by atoms with van der Waals surface area (Å²) < 4.78 is 0. The van der Waals surface area contributed by atoms with Crippen LogP contribution in [0.15, 0.2) is 24.3 Å². The van der Waals surface area contributed by atoms with E-state index in [1.54, 1.807) is 6.92 Å². The standard InChI is InChI=1S/C10H15NO/c1-7-3-5-9(6-4-7)10(12)8(2)11/h3-6,8,10,12H,11H2,1-2H3/t8-,10+/m1/s1. The van der Waals surface area contributed by atoms with E-state index in [9.17, 15) is 5.11 Å². The largest absolute Gasteiger partial charge is 0.387 e. The van der Waals surface area contributed by atoms with Crippen molar-refractivity contribution in [2.45, 2.75) is 26.0 Å². The summed E-state index contributed by atoms with van der Waals surface area (Å²) in [5, 5.41) is 9.56. The molecular formula is C10H15NO. The fourth-order valence-corrected chi connectivity index (χ4v) is 1.07. The summed E-state index contributed by atoms with van der Waals surface area (Å²) in [6, 6.07) is 7.54. The Kier molecular flexibility index (Phi) is 2.84. The number of aryl methyl sites for hydroxylation is 1. The molecule has 1 aromatic carbocycles. The van der Waals surface area contributed by atoms with Gasteiger partial charge in [0.2, 0.25) is 0 Å². The fourth-order valence-electron chi connectivity index (χ4n) is 1.07. The number of aliphatic hydroxyl groups excluding tert-OH is 1. The van der Waals surface area contributed by atoms with Gasteiger partial charge in [0.25, 0.3) is 0 Å². The van der Waals surface area contributed by atoms with Crippen LogP contribution in [0.1, 0.15) is 24.2 Å². The molecule has 1 aromatic rings. The van der Waals surface area contributed by atoms with Crippen molar-refractivity contribution in [3.8, 4) is 0 Å². The number of nitrogens with two attached hydrogens (primary N) is 1. The van der Waals surface area contributed by atoms with Crippen LogP contribution in [0.25, 0.3) is 0 Å². The highest BCUT2D eigenvalue weighted by Crippen LogP contribution is 2.15. The molecule has 3 N–H and O–H groups in total. The summed E-state index contributed by atoms with van der Waals surface area (Å²) in [7, 11) is 0. The van der Waals surface area contributed by atoms with Crippen LogP contribution >= 0.6 is 0 Å². The highest BCUT2D eigenvalue weighted by molar-refractivity contribution is 5.23. The summed E-state index contributed by atoms with van der Waals surface area (Å²) in [6.07, 6.45) is -0.550. The highest BCUT2D eigenvalue weighted by atomic mass is 16.3. The van der Waals surface area contributed by atoms with Crippen molar-refractivity contribution in [2.75, 3.05) is 0 Å². The molecule has 1 rings (SSSR count). The lowest BCUT2D eigenvalue weighted by Gasteiger charge is -2.14. The third-order valence-corrected chi connectivity index (χ3v) is 1.92. The molecule has 0 amide bonds. The van der Waals surface area contributed by atoms with Gasteiger partial charge in [-0.15, -0.1) is 0 Å². The van der Waals surface area contributed by atoms with E-state index in [1.807, 2.05) is 31.2 Å². The maximum atomic E-state index is 9.56. The Labute approximate surface area is 73.0 Å². The van der Waals surface area contributed by atoms with E-state index in [1.165, 1.54) is 5.56 Å². The number of rotatable bonds is 2. The van der Waals surface area contributed by atoms with Crippen molar-refractivity contribution in [3.63, 3.8) is 0 Å². The Balaban J connectivity index is 2.82. The molecule has 2 atom stereocenters. The van der Waals surface area contributed by atoms with Gasteiger partial charge in [-0.05, 0) is 19.4 Å². The van der Waals surface area contributed by atoms with E-state index >= 15 is 0 Å². The van der Waals surface area contributed by atoms with E-state index in [-0.39, 0.29) is 6.04 Å². The van der Waals surface area contributed by atoms with Gasteiger partial charge < -0.3 is 10.8 Å². The Morgan fingerprint density at radius 2 is 1.75 bits per heavy atom. The van der Waals surface area contributed by atoms with Gasteiger partial charge in [0.15, 0.2) is 0 Å². The van der Waals surface area contributed by atoms with Gasteiger partial charge in [-0.3, -0.25) is 0 Å². The summed E-state index contributed by atoms with van der Waals surface area (Å²) in [5.74, 6) is 0. The van der Waals surface area contributed by atoms with Crippen molar-refractivity contribution < 1.29 is 5.11 Å². The van der Waals surface area contributed by atoms with Crippen LogP contribution in [-0.2, 0) is 0 Å². The van der Waals surface area contributed by atoms with Gasteiger partial charge in [0, 0.05) is 6.04 Å². The predicted octanol–water partition coefficient (Wildman–Crippen LogP) is 1.38. The van der Waals surface area contributed by atoms with Crippen LogP contribution < -0.4 is 5.73 Å². The van der Waals surface area contributed by atoms with Gasteiger partial charge in [-0.2, -0.15) is 0 Å². The first-order valence-corrected chi connectivity index (χ1v) is 4.11. The average Bonchev–Trinajstić information content (AvgIpc) is 2.04. The Bertz CT molecular complexity index is 241. The van der Waals surface area contributed by atoms with E-state index in [0.717, 1.165) is 5.56 Å². The van der Waals surface area contributed by atoms with Crippen molar-refractivity contribution in [1.82, 2.24) is 0 Å². The van der Waals surface area contributed by atoms with Crippen LogP contribution in [0.4, 0.5) is 0 Å². The zero-order chi connectivity index (χ0) is 9.14. The molecule has 0 spiro atoms. The molecule has 0 saturated carbocycles. The normalized spacial score (nSPS) is 15.7. The fraction of sp³-hybridized carbons (Fsp3) is 0.400. The highest BCUT2D eigenvalue weighted by Gasteiger charge is 2.10. The second-order valence-corrected chi connectivity index (χ2v) is 3.21. The molecule has 0 saturated heterocycles. The summed E-state index contributed by atoms with van der Waals surface area (Å²) in [6.45, 7) is 3.81. The van der Waals surface area contributed by atoms with E-state index in [0.29, 0.717) is 0 Å². The van der Waals surface area contributed by atoms with Gasteiger partial charge in [0.1, 0.15) is 0 Å². The molecule has 0 heterocycles. The molecular weight excluding hydrogens is 150 g/mol. The number of aliphatic hydroxyl groups is 1. The van der Waals surface area contributed by atoms with Crippen LogP contribution in [0, 0.1) is 6.92 Å².